The maximum atomic E-state index is 12.4. The molecule has 8 bridgehead atoms. The van der Waals surface area contributed by atoms with E-state index in [0.717, 1.165) is 16.7 Å². The summed E-state index contributed by atoms with van der Waals surface area (Å²) in [6.45, 7) is 7.19. The Hall–Kier alpha value is -11.4. The molecule has 0 saturated heterocycles. The quantitative estimate of drug-likeness (QED) is 0.0272. The van der Waals surface area contributed by atoms with E-state index >= 15 is 0 Å². The molecule has 0 radical (unpaired) electrons. The molecule has 5 N–H and O–H groups in total. The van der Waals surface area contributed by atoms with Crippen molar-refractivity contribution in [3.8, 4) is 46.0 Å². The fourth-order valence-corrected chi connectivity index (χ4v) is 16.0. The minimum absolute atomic E-state index is 0.0737. The Balaban J connectivity index is 1.11. The number of hydrogen-bond acceptors (Lipinski definition) is 18. The predicted molar refractivity (Wildman–Crippen MR) is 431 cm³/mol. The van der Waals surface area contributed by atoms with Gasteiger partial charge in [-0.15, -0.1) is 0 Å². The molecule has 600 valence electrons. The van der Waals surface area contributed by atoms with Gasteiger partial charge in [0, 0.05) is 92.4 Å². The SMILES string of the molecule is CC1c2cc(c(OCc3ccccc3)cc2OCc2ccccc2)C(C)c2cc(c(OCc3ccc(S(=O)(=O)O)cc3)cc2OCc2ccc(S(=O)(=O)O)cc2)C(C)c2cc(c(OCc3ccc(S(=O)(=O)O)cc3)cc2OCc2ccc(S(=O)(=O)O)cc2)C(C)c2cc1c(OCc1ccccc1)cc2OCc1ccc(S(=O)(=O)O)cc1. The third-order valence-electron chi connectivity index (χ3n) is 20.1. The van der Waals surface area contributed by atoms with Crippen molar-refractivity contribution < 1.29 is 103 Å². The molecular formula is C88H80O23S5. The van der Waals surface area contributed by atoms with E-state index in [0.29, 0.717) is 95.3 Å². The van der Waals surface area contributed by atoms with Gasteiger partial charge in [-0.05, 0) is 129 Å². The minimum atomic E-state index is -4.62. The van der Waals surface area contributed by atoms with Crippen molar-refractivity contribution in [2.75, 3.05) is 0 Å². The third kappa shape index (κ3) is 20.3. The Morgan fingerprint density at radius 1 is 0.198 bits per heavy atom. The van der Waals surface area contributed by atoms with Gasteiger partial charge >= 0.3 is 0 Å². The van der Waals surface area contributed by atoms with Crippen LogP contribution in [0.1, 0.15) is 140 Å². The lowest BCUT2D eigenvalue weighted by Gasteiger charge is -2.30. The van der Waals surface area contributed by atoms with Crippen LogP contribution in [-0.4, -0.2) is 64.9 Å². The van der Waals surface area contributed by atoms with Crippen molar-refractivity contribution in [1.82, 2.24) is 0 Å². The maximum absolute atomic E-state index is 12.4. The summed E-state index contributed by atoms with van der Waals surface area (Å²) in [5.41, 5.74) is 9.47. The van der Waals surface area contributed by atoms with Gasteiger partial charge in [-0.25, -0.2) is 0 Å². The second-order valence-corrected chi connectivity index (χ2v) is 35.1. The molecule has 0 aromatic heterocycles. The van der Waals surface area contributed by atoms with E-state index in [9.17, 15) is 64.9 Å². The zero-order valence-electron chi connectivity index (χ0n) is 62.9. The van der Waals surface area contributed by atoms with Crippen LogP contribution in [0.2, 0.25) is 0 Å². The first kappa shape index (κ1) is 82.6. The average Bonchev–Trinajstić information content (AvgIpc) is 0.748. The van der Waals surface area contributed by atoms with Crippen LogP contribution < -0.4 is 37.9 Å². The first-order valence-electron chi connectivity index (χ1n) is 36.4. The summed E-state index contributed by atoms with van der Waals surface area (Å²) in [7, 11) is -23.1. The van der Waals surface area contributed by atoms with Crippen molar-refractivity contribution in [2.24, 2.45) is 0 Å². The summed E-state index contributed by atoms with van der Waals surface area (Å²) in [6.07, 6.45) is 0. The van der Waals surface area contributed by atoms with Crippen LogP contribution in [0, 0.1) is 0 Å². The molecule has 13 rings (SSSR count). The molecule has 23 nitrogen and oxygen atoms in total. The molecule has 0 saturated carbocycles. The van der Waals surface area contributed by atoms with E-state index < -0.39 is 74.3 Å². The molecule has 0 fully saturated rings. The topological polar surface area (TPSA) is 346 Å². The average molecular weight is 1670 g/mol. The number of hydrogen-bond donors (Lipinski definition) is 5. The number of benzene rings is 12. The van der Waals surface area contributed by atoms with Gasteiger partial charge < -0.3 is 37.9 Å². The zero-order chi connectivity index (χ0) is 82.3. The molecule has 0 amide bonds. The molecule has 4 unspecified atom stereocenters. The molecule has 0 spiro atoms. The largest absolute Gasteiger partial charge is 0.488 e. The molecule has 1 aliphatic rings. The second-order valence-electron chi connectivity index (χ2n) is 28.0. The highest BCUT2D eigenvalue weighted by molar-refractivity contribution is 7.86. The third-order valence-corrected chi connectivity index (χ3v) is 24.4. The van der Waals surface area contributed by atoms with Crippen LogP contribution >= 0.6 is 0 Å². The summed E-state index contributed by atoms with van der Waals surface area (Å²) in [5, 5.41) is 0. The van der Waals surface area contributed by atoms with Gasteiger partial charge in [0.15, 0.2) is 0 Å². The minimum Gasteiger partial charge on any atom is -0.488 e. The number of ether oxygens (including phenoxy) is 8. The molecule has 0 aliphatic heterocycles. The van der Waals surface area contributed by atoms with Gasteiger partial charge in [-0.3, -0.25) is 22.8 Å². The molecule has 4 atom stereocenters. The van der Waals surface area contributed by atoms with Crippen LogP contribution in [0.5, 0.6) is 46.0 Å². The van der Waals surface area contributed by atoms with Gasteiger partial charge in [-0.1, -0.05) is 179 Å². The zero-order valence-corrected chi connectivity index (χ0v) is 67.0. The van der Waals surface area contributed by atoms with Gasteiger partial charge in [0.05, 0.1) is 24.5 Å². The van der Waals surface area contributed by atoms with Gasteiger partial charge in [0.2, 0.25) is 0 Å². The first-order valence-corrected chi connectivity index (χ1v) is 43.6. The Labute approximate surface area is 673 Å². The van der Waals surface area contributed by atoms with Crippen LogP contribution in [0.4, 0.5) is 0 Å². The highest BCUT2D eigenvalue weighted by Crippen LogP contribution is 2.52. The van der Waals surface area contributed by atoms with Crippen molar-refractivity contribution in [3.63, 3.8) is 0 Å². The monoisotopic (exact) mass is 1660 g/mol. The first-order chi connectivity index (χ1) is 55.3. The summed E-state index contributed by atoms with van der Waals surface area (Å²) >= 11 is 0. The van der Waals surface area contributed by atoms with Crippen LogP contribution in [0.25, 0.3) is 0 Å². The van der Waals surface area contributed by atoms with E-state index in [1.165, 1.54) is 121 Å². The van der Waals surface area contributed by atoms with E-state index in [1.807, 2.05) is 149 Å². The molecule has 12 aromatic rings. The Morgan fingerprint density at radius 3 is 0.457 bits per heavy atom. The van der Waals surface area contributed by atoms with Crippen molar-refractivity contribution in [3.05, 3.63) is 350 Å². The lowest BCUT2D eigenvalue weighted by molar-refractivity contribution is 0.279. The Morgan fingerprint density at radius 2 is 0.328 bits per heavy atom. The summed E-state index contributed by atoms with van der Waals surface area (Å²) < 4.78 is 230. The van der Waals surface area contributed by atoms with Crippen molar-refractivity contribution in [1.29, 1.82) is 0 Å². The fourth-order valence-electron chi connectivity index (χ4n) is 13.6. The molecule has 28 heteroatoms. The molecule has 1 aliphatic carbocycles. The van der Waals surface area contributed by atoms with Gasteiger partial charge in [-0.2, -0.15) is 42.1 Å². The Bertz CT molecular complexity index is 6060. The van der Waals surface area contributed by atoms with Crippen molar-refractivity contribution >= 4 is 50.6 Å². The van der Waals surface area contributed by atoms with E-state index in [2.05, 4.69) is 0 Å². The lowest BCUT2D eigenvalue weighted by atomic mass is 9.80. The fraction of sp³-hybridized carbons (Fsp3) is 0.182. The second kappa shape index (κ2) is 35.0. The number of fused-ring (bicyclic) bond motifs is 8. The van der Waals surface area contributed by atoms with E-state index in [1.54, 1.807) is 18.2 Å². The highest BCUT2D eigenvalue weighted by Gasteiger charge is 2.33. The van der Waals surface area contributed by atoms with Crippen LogP contribution in [-0.2, 0) is 103 Å². The lowest BCUT2D eigenvalue weighted by Crippen LogP contribution is -2.14. The van der Waals surface area contributed by atoms with Gasteiger partial charge in [0.25, 0.3) is 50.6 Å². The normalized spacial score (nSPS) is 15.0. The summed E-state index contributed by atoms with van der Waals surface area (Å²) in [6, 6.07) is 71.1. The Kier molecular flexibility index (Phi) is 24.9. The molecule has 12 aromatic carbocycles. The summed E-state index contributed by atoms with van der Waals surface area (Å²) in [5.74, 6) is -0.654. The standard InChI is InChI=1S/C88H80O23S5/c1-56-73-40-74(82(105-49-61-16-10-6-11-17-61)44-81(73)104-48-60-14-8-5-9-15-60)57(2)77-42-78(86(109-53-65-24-34-70(35-25-65)114(95,96)97)46-85(77)108-52-64-22-32-69(33-23-64)113(92,93)94)59(4)80-43-79(87(110-54-66-26-36-71(37-27-66)115(98,99)100)47-88(80)111-55-67-28-38-72(39-29-67)116(101,102)103)58(3)76-41-75(56)83(106-50-62-18-12-7-13-19-62)45-84(76)107-51-63-20-30-68(31-21-63)112(89,90)91/h5-47,56-59H,48-55H2,1-4H3,(H,89,90,91)(H,92,93,94)(H,95,96,97)(H,98,99,100)(H,101,102,103). The van der Waals surface area contributed by atoms with Crippen molar-refractivity contribution in [2.45, 2.75) is 129 Å². The van der Waals surface area contributed by atoms with Crippen LogP contribution in [0.15, 0.2) is 285 Å². The molecule has 0 heterocycles. The molecule has 116 heavy (non-hydrogen) atoms. The van der Waals surface area contributed by atoms with E-state index in [4.69, 9.17) is 37.9 Å². The summed E-state index contributed by atoms with van der Waals surface area (Å²) in [4.78, 5) is -1.77. The van der Waals surface area contributed by atoms with Gasteiger partial charge in [0.1, 0.15) is 98.9 Å². The predicted octanol–water partition coefficient (Wildman–Crippen LogP) is 17.5. The number of rotatable bonds is 29. The highest BCUT2D eigenvalue weighted by atomic mass is 32.2. The maximum Gasteiger partial charge on any atom is 0.294 e. The smallest absolute Gasteiger partial charge is 0.294 e. The molecular weight excluding hydrogens is 1590 g/mol. The van der Waals surface area contributed by atoms with Crippen LogP contribution in [0.3, 0.4) is 0 Å². The van der Waals surface area contributed by atoms with E-state index in [-0.39, 0.29) is 100 Å².